The molecule has 0 saturated carbocycles. The molecule has 0 radical (unpaired) electrons. The van der Waals surface area contributed by atoms with Gasteiger partial charge in [-0.3, -0.25) is 0 Å². The fourth-order valence-corrected chi connectivity index (χ4v) is 2.33. The molecule has 0 bridgehead atoms. The first-order valence-electron chi connectivity index (χ1n) is 6.66. The minimum atomic E-state index is -1.31. The molecule has 1 heterocycles. The van der Waals surface area contributed by atoms with Gasteiger partial charge in [0.2, 0.25) is 0 Å². The second kappa shape index (κ2) is 6.09. The molecular formula is C14H17FN2O4. The number of piperidine rings is 1. The summed E-state index contributed by atoms with van der Waals surface area (Å²) in [6, 6.07) is 3.02. The standard InChI is InChI=1S/C14H17FN2O4/c1-8-7-17(6-5-11(8)18)14(21)16-12-9(13(19)20)3-2-4-10(12)15/h2-4,8,11,18H,5-7H2,1H3,(H,16,21)(H,19,20). The van der Waals surface area contributed by atoms with Gasteiger partial charge in [-0.1, -0.05) is 13.0 Å². The third kappa shape index (κ3) is 3.30. The van der Waals surface area contributed by atoms with Gasteiger partial charge in [0.1, 0.15) is 5.82 Å². The van der Waals surface area contributed by atoms with Crippen LogP contribution in [0.1, 0.15) is 23.7 Å². The summed E-state index contributed by atoms with van der Waals surface area (Å²) in [5.41, 5.74) is -0.637. The number of nitrogens with zero attached hydrogens (tertiary/aromatic N) is 1. The molecule has 6 nitrogen and oxygen atoms in total. The SMILES string of the molecule is CC1CN(C(=O)Nc2c(F)cccc2C(=O)O)CCC1O. The first-order chi connectivity index (χ1) is 9.90. The number of carboxylic acids is 1. The summed E-state index contributed by atoms with van der Waals surface area (Å²) in [5.74, 6) is -2.19. The lowest BCUT2D eigenvalue weighted by Gasteiger charge is -2.34. The predicted molar refractivity (Wildman–Crippen MR) is 73.7 cm³/mol. The lowest BCUT2D eigenvalue weighted by Crippen LogP contribution is -2.46. The minimum Gasteiger partial charge on any atom is -0.478 e. The molecule has 0 aromatic heterocycles. The van der Waals surface area contributed by atoms with Crippen LogP contribution in [0.3, 0.4) is 0 Å². The van der Waals surface area contributed by atoms with Crippen molar-refractivity contribution in [3.63, 3.8) is 0 Å². The van der Waals surface area contributed by atoms with E-state index in [0.717, 1.165) is 6.07 Å². The number of nitrogens with one attached hydrogen (secondary N) is 1. The van der Waals surface area contributed by atoms with Gasteiger partial charge in [-0.15, -0.1) is 0 Å². The second-order valence-electron chi connectivity index (χ2n) is 5.18. The van der Waals surface area contributed by atoms with Gasteiger partial charge in [0, 0.05) is 13.1 Å². The summed E-state index contributed by atoms with van der Waals surface area (Å²) < 4.78 is 13.7. The Bertz CT molecular complexity index is 564. The summed E-state index contributed by atoms with van der Waals surface area (Å²) in [4.78, 5) is 24.6. The maximum Gasteiger partial charge on any atom is 0.337 e. The van der Waals surface area contributed by atoms with Gasteiger partial charge in [0.25, 0.3) is 0 Å². The molecule has 21 heavy (non-hydrogen) atoms. The smallest absolute Gasteiger partial charge is 0.337 e. The monoisotopic (exact) mass is 296 g/mol. The number of carboxylic acid groups (broad SMARTS) is 1. The zero-order chi connectivity index (χ0) is 15.6. The largest absolute Gasteiger partial charge is 0.478 e. The predicted octanol–water partition coefficient (Wildman–Crippen LogP) is 1.76. The number of aromatic carboxylic acids is 1. The third-order valence-corrected chi connectivity index (χ3v) is 3.62. The highest BCUT2D eigenvalue weighted by Crippen LogP contribution is 2.22. The highest BCUT2D eigenvalue weighted by molar-refractivity contribution is 6.00. The molecule has 2 amide bonds. The fourth-order valence-electron chi connectivity index (χ4n) is 2.33. The van der Waals surface area contributed by atoms with Gasteiger partial charge in [0.15, 0.2) is 0 Å². The van der Waals surface area contributed by atoms with E-state index in [9.17, 15) is 19.1 Å². The first kappa shape index (κ1) is 15.2. The van der Waals surface area contributed by atoms with Crippen LogP contribution in [-0.4, -0.2) is 46.3 Å². The molecule has 1 aliphatic heterocycles. The quantitative estimate of drug-likeness (QED) is 0.775. The van der Waals surface area contributed by atoms with Crippen LogP contribution in [0.15, 0.2) is 18.2 Å². The Morgan fingerprint density at radius 1 is 1.43 bits per heavy atom. The van der Waals surface area contributed by atoms with E-state index in [-0.39, 0.29) is 17.2 Å². The van der Waals surface area contributed by atoms with Crippen LogP contribution >= 0.6 is 0 Å². The van der Waals surface area contributed by atoms with E-state index in [2.05, 4.69) is 5.32 Å². The van der Waals surface area contributed by atoms with Crippen molar-refractivity contribution in [1.82, 2.24) is 4.90 Å². The number of aliphatic hydroxyl groups is 1. The Morgan fingerprint density at radius 3 is 2.76 bits per heavy atom. The molecule has 2 atom stereocenters. The highest BCUT2D eigenvalue weighted by Gasteiger charge is 2.28. The van der Waals surface area contributed by atoms with E-state index in [1.807, 2.05) is 6.92 Å². The van der Waals surface area contributed by atoms with Gasteiger partial charge in [0.05, 0.1) is 17.4 Å². The van der Waals surface area contributed by atoms with Crippen molar-refractivity contribution in [1.29, 1.82) is 0 Å². The molecule has 1 saturated heterocycles. The molecule has 0 spiro atoms. The minimum absolute atomic E-state index is 0.0796. The van der Waals surface area contributed by atoms with Crippen molar-refractivity contribution in [2.75, 3.05) is 18.4 Å². The first-order valence-corrected chi connectivity index (χ1v) is 6.66. The van der Waals surface area contributed by atoms with Crippen molar-refractivity contribution in [3.8, 4) is 0 Å². The van der Waals surface area contributed by atoms with Gasteiger partial charge >= 0.3 is 12.0 Å². The van der Waals surface area contributed by atoms with Crippen LogP contribution in [-0.2, 0) is 0 Å². The zero-order valence-electron chi connectivity index (χ0n) is 11.5. The van der Waals surface area contributed by atoms with E-state index in [1.165, 1.54) is 17.0 Å². The van der Waals surface area contributed by atoms with E-state index in [0.29, 0.717) is 19.5 Å². The summed E-state index contributed by atoms with van der Waals surface area (Å²) in [5, 5.41) is 21.0. The van der Waals surface area contributed by atoms with Gasteiger partial charge < -0.3 is 20.4 Å². The van der Waals surface area contributed by atoms with Crippen molar-refractivity contribution in [3.05, 3.63) is 29.6 Å². The van der Waals surface area contributed by atoms with Crippen LogP contribution in [0, 0.1) is 11.7 Å². The summed E-state index contributed by atoms with van der Waals surface area (Å²) in [6.07, 6.45) is -0.0189. The van der Waals surface area contributed by atoms with Gasteiger partial charge in [-0.2, -0.15) is 0 Å². The molecule has 7 heteroatoms. The van der Waals surface area contributed by atoms with Crippen LogP contribution in [0.2, 0.25) is 0 Å². The summed E-state index contributed by atoms with van der Waals surface area (Å²) in [6.45, 7) is 2.49. The normalized spacial score (nSPS) is 22.0. The number of benzene rings is 1. The number of carbonyl (C=O) groups is 2. The molecular weight excluding hydrogens is 279 g/mol. The molecule has 1 fully saturated rings. The average Bonchev–Trinajstić information content (AvgIpc) is 2.43. The van der Waals surface area contributed by atoms with Crippen LogP contribution < -0.4 is 5.32 Å². The fraction of sp³-hybridized carbons (Fsp3) is 0.429. The number of anilines is 1. The number of carbonyl (C=O) groups excluding carboxylic acids is 1. The number of amides is 2. The van der Waals surface area contributed by atoms with Crippen molar-refractivity contribution in [2.24, 2.45) is 5.92 Å². The highest BCUT2D eigenvalue weighted by atomic mass is 19.1. The maximum atomic E-state index is 13.7. The van der Waals surface area contributed by atoms with E-state index >= 15 is 0 Å². The molecule has 2 rings (SSSR count). The van der Waals surface area contributed by atoms with Crippen molar-refractivity contribution < 1.29 is 24.2 Å². The molecule has 3 N–H and O–H groups in total. The van der Waals surface area contributed by atoms with Crippen LogP contribution in [0.4, 0.5) is 14.9 Å². The Balaban J connectivity index is 2.15. The number of rotatable bonds is 2. The Hall–Kier alpha value is -2.15. The summed E-state index contributed by atoms with van der Waals surface area (Å²) >= 11 is 0. The molecule has 1 aromatic rings. The van der Waals surface area contributed by atoms with Gasteiger partial charge in [-0.25, -0.2) is 14.0 Å². The van der Waals surface area contributed by atoms with Crippen molar-refractivity contribution in [2.45, 2.75) is 19.4 Å². The van der Waals surface area contributed by atoms with Crippen LogP contribution in [0.25, 0.3) is 0 Å². The molecule has 1 aromatic carbocycles. The van der Waals surface area contributed by atoms with Crippen LogP contribution in [0.5, 0.6) is 0 Å². The topological polar surface area (TPSA) is 89.9 Å². The summed E-state index contributed by atoms with van der Waals surface area (Å²) in [7, 11) is 0. The number of hydrogen-bond donors (Lipinski definition) is 3. The lowest BCUT2D eigenvalue weighted by molar-refractivity contribution is 0.0506. The third-order valence-electron chi connectivity index (χ3n) is 3.62. The molecule has 2 unspecified atom stereocenters. The van der Waals surface area contributed by atoms with E-state index in [4.69, 9.17) is 5.11 Å². The number of para-hydroxylation sites is 1. The lowest BCUT2D eigenvalue weighted by atomic mass is 9.97. The molecule has 1 aliphatic rings. The van der Waals surface area contributed by atoms with Crippen molar-refractivity contribution >= 4 is 17.7 Å². The second-order valence-corrected chi connectivity index (χ2v) is 5.18. The number of urea groups is 1. The number of halogens is 1. The number of likely N-dealkylation sites (tertiary alicyclic amines) is 1. The molecule has 0 aliphatic carbocycles. The number of hydrogen-bond acceptors (Lipinski definition) is 3. The Labute approximate surface area is 121 Å². The Kier molecular flexibility index (Phi) is 4.42. The van der Waals surface area contributed by atoms with E-state index < -0.39 is 23.9 Å². The zero-order valence-corrected chi connectivity index (χ0v) is 11.5. The van der Waals surface area contributed by atoms with E-state index in [1.54, 1.807) is 0 Å². The average molecular weight is 296 g/mol. The molecule has 114 valence electrons. The van der Waals surface area contributed by atoms with Gasteiger partial charge in [-0.05, 0) is 24.5 Å². The Morgan fingerprint density at radius 2 is 2.14 bits per heavy atom. The maximum absolute atomic E-state index is 13.7. The number of aliphatic hydroxyl groups excluding tert-OH is 1.